The van der Waals surface area contributed by atoms with Crippen LogP contribution >= 0.6 is 0 Å². The van der Waals surface area contributed by atoms with Gasteiger partial charge in [-0.15, -0.1) is 0 Å². The third kappa shape index (κ3) is 7.06. The number of nitriles is 1. The summed E-state index contributed by atoms with van der Waals surface area (Å²) in [5.74, 6) is 3.12. The van der Waals surface area contributed by atoms with Crippen LogP contribution in [0.5, 0.6) is 0 Å². The minimum absolute atomic E-state index is 0.222. The summed E-state index contributed by atoms with van der Waals surface area (Å²) in [6.45, 7) is -0.222. The van der Waals surface area contributed by atoms with Gasteiger partial charge in [0.1, 0.15) is 0 Å². The molecule has 2 aliphatic carbocycles. The Labute approximate surface area is 142 Å². The van der Waals surface area contributed by atoms with Crippen molar-refractivity contribution >= 4 is 0 Å². The normalized spacial score (nSPS) is 32.0. The predicted molar refractivity (Wildman–Crippen MR) is 94.7 cm³/mol. The summed E-state index contributed by atoms with van der Waals surface area (Å²) in [7, 11) is 0. The van der Waals surface area contributed by atoms with Crippen LogP contribution in [-0.2, 0) is 0 Å². The molecule has 0 aromatic rings. The van der Waals surface area contributed by atoms with E-state index in [0.717, 1.165) is 37.0 Å². The smallest absolute Gasteiger partial charge is 0.0928 e. The number of nitrogens with zero attached hydrogens (tertiary/aromatic N) is 1. The van der Waals surface area contributed by atoms with E-state index >= 15 is 0 Å². The van der Waals surface area contributed by atoms with Gasteiger partial charge in [0.25, 0.3) is 0 Å². The molecule has 1 nitrogen and oxygen atoms in total. The van der Waals surface area contributed by atoms with Crippen LogP contribution in [-0.4, -0.2) is 6.67 Å². The van der Waals surface area contributed by atoms with Crippen LogP contribution in [0.25, 0.3) is 0 Å². The maximum atomic E-state index is 12.0. The fourth-order valence-corrected chi connectivity index (χ4v) is 4.49. The number of rotatable bonds is 8. The molecule has 0 unspecified atom stereocenters. The molecule has 0 spiro atoms. The topological polar surface area (TPSA) is 23.8 Å². The third-order valence-electron chi connectivity index (χ3n) is 6.16. The van der Waals surface area contributed by atoms with Crippen LogP contribution in [0.1, 0.15) is 83.5 Å². The lowest BCUT2D eigenvalue weighted by Gasteiger charge is -2.30. The molecular weight excluding hydrogens is 285 g/mol. The molecule has 0 bridgehead atoms. The molecular formula is C21H34FN. The minimum atomic E-state index is -0.222. The Hall–Kier alpha value is -0.840. The molecule has 0 heterocycles. The van der Waals surface area contributed by atoms with Crippen LogP contribution in [0.4, 0.5) is 4.39 Å². The zero-order valence-electron chi connectivity index (χ0n) is 14.7. The van der Waals surface area contributed by atoms with E-state index in [1.54, 1.807) is 0 Å². The highest BCUT2D eigenvalue weighted by atomic mass is 19.1. The van der Waals surface area contributed by atoms with E-state index in [1.165, 1.54) is 57.8 Å². The highest BCUT2D eigenvalue weighted by Gasteiger charge is 2.24. The Morgan fingerprint density at radius 2 is 1.22 bits per heavy atom. The summed E-state index contributed by atoms with van der Waals surface area (Å²) in [5.41, 5.74) is 0. The lowest BCUT2D eigenvalue weighted by Crippen LogP contribution is -2.17. The average Bonchev–Trinajstić information content (AvgIpc) is 2.61. The SMILES string of the molecule is N#CC1CCC(CCC2CCC(CC/C=C/CCF)CC2)CC1. The Kier molecular flexibility index (Phi) is 8.72. The first-order valence-electron chi connectivity index (χ1n) is 9.92. The fourth-order valence-electron chi connectivity index (χ4n) is 4.49. The van der Waals surface area contributed by atoms with Gasteiger partial charge in [-0.1, -0.05) is 50.7 Å². The standard InChI is InChI=1S/C21H34FN/c22-16-4-2-1-3-5-18-6-8-19(9-7-18)10-11-20-12-14-21(17-23)15-13-20/h1-2,18-21H,3-16H2/b2-1+. The molecule has 2 fully saturated rings. The molecule has 0 aromatic carbocycles. The lowest BCUT2D eigenvalue weighted by molar-refractivity contribution is 0.223. The van der Waals surface area contributed by atoms with E-state index in [9.17, 15) is 4.39 Å². The third-order valence-corrected chi connectivity index (χ3v) is 6.16. The largest absolute Gasteiger partial charge is 0.251 e. The highest BCUT2D eigenvalue weighted by Crippen LogP contribution is 2.37. The second kappa shape index (κ2) is 10.8. The van der Waals surface area contributed by atoms with E-state index in [-0.39, 0.29) is 6.67 Å². The zero-order valence-corrected chi connectivity index (χ0v) is 14.7. The molecule has 0 amide bonds. The van der Waals surface area contributed by atoms with Crippen molar-refractivity contribution < 1.29 is 4.39 Å². The summed E-state index contributed by atoms with van der Waals surface area (Å²) >= 11 is 0. The molecule has 2 saturated carbocycles. The van der Waals surface area contributed by atoms with E-state index in [2.05, 4.69) is 12.1 Å². The summed E-state index contributed by atoms with van der Waals surface area (Å²) in [6, 6.07) is 2.44. The van der Waals surface area contributed by atoms with Gasteiger partial charge >= 0.3 is 0 Å². The Bertz CT molecular complexity index is 368. The summed E-state index contributed by atoms with van der Waals surface area (Å²) < 4.78 is 12.0. The van der Waals surface area contributed by atoms with Crippen molar-refractivity contribution in [2.24, 2.45) is 23.7 Å². The van der Waals surface area contributed by atoms with E-state index in [4.69, 9.17) is 5.26 Å². The molecule has 2 rings (SSSR count). The van der Waals surface area contributed by atoms with E-state index in [0.29, 0.717) is 12.3 Å². The van der Waals surface area contributed by atoms with Gasteiger partial charge in [-0.3, -0.25) is 4.39 Å². The van der Waals surface area contributed by atoms with E-state index < -0.39 is 0 Å². The Morgan fingerprint density at radius 3 is 1.74 bits per heavy atom. The first kappa shape index (κ1) is 18.5. The van der Waals surface area contributed by atoms with Gasteiger partial charge in [0.2, 0.25) is 0 Å². The maximum Gasteiger partial charge on any atom is 0.0928 e. The lowest BCUT2D eigenvalue weighted by atomic mass is 9.75. The maximum absolute atomic E-state index is 12.0. The van der Waals surface area contributed by atoms with Crippen molar-refractivity contribution in [3.63, 3.8) is 0 Å². The second-order valence-electron chi connectivity index (χ2n) is 7.84. The van der Waals surface area contributed by atoms with Crippen molar-refractivity contribution in [1.82, 2.24) is 0 Å². The first-order valence-corrected chi connectivity index (χ1v) is 9.92. The summed E-state index contributed by atoms with van der Waals surface area (Å²) in [6.07, 6.45) is 20.5. The predicted octanol–water partition coefficient (Wildman–Crippen LogP) is 6.60. The van der Waals surface area contributed by atoms with Crippen molar-refractivity contribution in [1.29, 1.82) is 5.26 Å². The monoisotopic (exact) mass is 319 g/mol. The minimum Gasteiger partial charge on any atom is -0.251 e. The summed E-state index contributed by atoms with van der Waals surface area (Å²) in [4.78, 5) is 0. The van der Waals surface area contributed by atoms with Crippen LogP contribution in [0, 0.1) is 35.0 Å². The fraction of sp³-hybridized carbons (Fsp3) is 0.857. The zero-order chi connectivity index (χ0) is 16.3. The number of allylic oxidation sites excluding steroid dienone is 2. The first-order chi connectivity index (χ1) is 11.3. The highest BCUT2D eigenvalue weighted by molar-refractivity contribution is 4.87. The number of hydrogen-bond donors (Lipinski definition) is 0. The summed E-state index contributed by atoms with van der Waals surface area (Å²) in [5, 5.41) is 8.97. The van der Waals surface area contributed by atoms with Gasteiger partial charge in [0.05, 0.1) is 12.7 Å². The van der Waals surface area contributed by atoms with Crippen LogP contribution < -0.4 is 0 Å². The molecule has 0 saturated heterocycles. The van der Waals surface area contributed by atoms with Crippen molar-refractivity contribution in [2.45, 2.75) is 83.5 Å². The average molecular weight is 320 g/mol. The molecule has 2 aliphatic rings. The van der Waals surface area contributed by atoms with Crippen LogP contribution in [0.15, 0.2) is 12.2 Å². The number of hydrogen-bond acceptors (Lipinski definition) is 1. The van der Waals surface area contributed by atoms with Gasteiger partial charge < -0.3 is 0 Å². The van der Waals surface area contributed by atoms with Gasteiger partial charge in [0, 0.05) is 5.92 Å². The van der Waals surface area contributed by atoms with E-state index in [1.807, 2.05) is 6.08 Å². The molecule has 0 atom stereocenters. The van der Waals surface area contributed by atoms with Gasteiger partial charge in [0.15, 0.2) is 0 Å². The molecule has 0 aromatic heterocycles. The van der Waals surface area contributed by atoms with Crippen molar-refractivity contribution in [3.05, 3.63) is 12.2 Å². The second-order valence-corrected chi connectivity index (χ2v) is 7.84. The van der Waals surface area contributed by atoms with Crippen LogP contribution in [0.3, 0.4) is 0 Å². The molecule has 130 valence electrons. The van der Waals surface area contributed by atoms with Crippen molar-refractivity contribution in [2.75, 3.05) is 6.67 Å². The molecule has 2 heteroatoms. The Morgan fingerprint density at radius 1 is 0.739 bits per heavy atom. The molecule has 0 radical (unpaired) electrons. The van der Waals surface area contributed by atoms with Crippen LogP contribution in [0.2, 0.25) is 0 Å². The number of halogens is 1. The Balaban J connectivity index is 1.52. The van der Waals surface area contributed by atoms with Crippen molar-refractivity contribution in [3.8, 4) is 6.07 Å². The number of alkyl halides is 1. The van der Waals surface area contributed by atoms with Gasteiger partial charge in [-0.25, -0.2) is 0 Å². The quantitative estimate of drug-likeness (QED) is 0.462. The van der Waals surface area contributed by atoms with Gasteiger partial charge in [-0.05, 0) is 62.7 Å². The molecule has 0 aliphatic heterocycles. The van der Waals surface area contributed by atoms with Gasteiger partial charge in [-0.2, -0.15) is 5.26 Å². The molecule has 23 heavy (non-hydrogen) atoms. The molecule has 0 N–H and O–H groups in total.